The van der Waals surface area contributed by atoms with Crippen LogP contribution in [0.15, 0.2) is 0 Å². The molecule has 0 spiro atoms. The highest BCUT2D eigenvalue weighted by atomic mass is 35.5. The number of esters is 1. The molecule has 0 unspecified atom stereocenters. The molecular weight excluding hydrogens is 490 g/mol. The Bertz CT molecular complexity index is 840. The molecule has 8 heteroatoms. The highest BCUT2D eigenvalue weighted by Gasteiger charge is 2.50. The predicted octanol–water partition coefficient (Wildman–Crippen LogP) is 3.30. The summed E-state index contributed by atoms with van der Waals surface area (Å²) in [5.41, 5.74) is 0. The molecule has 2 heterocycles. The lowest BCUT2D eigenvalue weighted by Gasteiger charge is -2.53. The van der Waals surface area contributed by atoms with E-state index in [1.807, 2.05) is 4.90 Å². The van der Waals surface area contributed by atoms with Gasteiger partial charge in [-0.05, 0) is 107 Å². The van der Waals surface area contributed by atoms with E-state index in [0.29, 0.717) is 37.3 Å². The van der Waals surface area contributed by atoms with E-state index in [1.54, 1.807) is 0 Å². The number of hydrogen-bond acceptors (Lipinski definition) is 5. The highest BCUT2D eigenvalue weighted by molar-refractivity contribution is 5.85. The van der Waals surface area contributed by atoms with Gasteiger partial charge in [0.05, 0.1) is 12.3 Å². The van der Waals surface area contributed by atoms with Crippen molar-refractivity contribution in [3.05, 3.63) is 0 Å². The van der Waals surface area contributed by atoms with Crippen molar-refractivity contribution < 1.29 is 19.1 Å². The molecule has 7 nitrogen and oxygen atoms in total. The maximum atomic E-state index is 13.0. The number of rotatable bonds is 8. The van der Waals surface area contributed by atoms with Crippen LogP contribution in [0.3, 0.4) is 0 Å². The van der Waals surface area contributed by atoms with E-state index in [1.165, 1.54) is 32.1 Å². The minimum Gasteiger partial charge on any atom is -0.462 e. The van der Waals surface area contributed by atoms with Gasteiger partial charge in [-0.3, -0.25) is 14.4 Å². The Labute approximate surface area is 228 Å². The van der Waals surface area contributed by atoms with Crippen LogP contribution < -0.4 is 10.6 Å². The number of amides is 2. The van der Waals surface area contributed by atoms with Crippen molar-refractivity contribution in [3.8, 4) is 12.3 Å². The zero-order valence-electron chi connectivity index (χ0n) is 22.0. The zero-order chi connectivity index (χ0) is 25.1. The largest absolute Gasteiger partial charge is 0.462 e. The first kappa shape index (κ1) is 28.2. The quantitative estimate of drug-likeness (QED) is 0.369. The van der Waals surface area contributed by atoms with Gasteiger partial charge >= 0.3 is 5.97 Å². The van der Waals surface area contributed by atoms with Crippen molar-refractivity contribution in [2.24, 2.45) is 35.5 Å². The Morgan fingerprint density at radius 3 is 2.35 bits per heavy atom. The van der Waals surface area contributed by atoms with Crippen LogP contribution >= 0.6 is 12.4 Å². The summed E-state index contributed by atoms with van der Waals surface area (Å²) < 4.78 is 5.97. The fourth-order valence-corrected chi connectivity index (χ4v) is 7.95. The molecule has 2 amide bonds. The summed E-state index contributed by atoms with van der Waals surface area (Å²) in [6.07, 6.45) is 17.2. The summed E-state index contributed by atoms with van der Waals surface area (Å²) in [5, 5.41) is 6.26. The standard InChI is InChI=1S/C29H43N3O4.ClH/c1-2-25(17-27(34)36-28-23-13-20-12-21(15-23)16-24(28)14-20)31-29(35)22-4-3-11-32(18-22)26(33)6-5-19-7-9-30-10-8-19;/h1,19-25,28,30H,3-18H2,(H,31,35);1H/t20?,21?,22-,23?,24?,25-,28?;/m1./s1. The monoisotopic (exact) mass is 533 g/mol. The Kier molecular flexibility index (Phi) is 9.80. The molecule has 4 bridgehead atoms. The number of terminal acetylenes is 1. The summed E-state index contributed by atoms with van der Waals surface area (Å²) in [6, 6.07) is -0.673. The van der Waals surface area contributed by atoms with Gasteiger partial charge in [0.15, 0.2) is 0 Å². The molecule has 0 aromatic heterocycles. The first-order valence-corrected chi connectivity index (χ1v) is 14.4. The molecule has 4 aliphatic carbocycles. The summed E-state index contributed by atoms with van der Waals surface area (Å²) in [7, 11) is 0. The van der Waals surface area contributed by atoms with Crippen molar-refractivity contribution in [2.45, 2.75) is 89.2 Å². The summed E-state index contributed by atoms with van der Waals surface area (Å²) in [4.78, 5) is 40.4. The van der Waals surface area contributed by atoms with Gasteiger partial charge in [-0.2, -0.15) is 0 Å². The number of likely N-dealkylation sites (tertiary alicyclic amines) is 1. The summed E-state index contributed by atoms with van der Waals surface area (Å²) in [6.45, 7) is 3.23. The molecule has 2 atom stereocenters. The SMILES string of the molecule is C#C[C@H](CC(=O)OC1C2CC3CC(C2)CC1C3)NC(=O)[C@@H]1CCCN(C(=O)CCC2CCNCC2)C1.Cl. The van der Waals surface area contributed by atoms with Crippen molar-refractivity contribution in [2.75, 3.05) is 26.2 Å². The number of ether oxygens (including phenoxy) is 1. The van der Waals surface area contributed by atoms with Gasteiger partial charge in [0.1, 0.15) is 12.1 Å². The van der Waals surface area contributed by atoms with Gasteiger partial charge in [0.2, 0.25) is 11.8 Å². The Morgan fingerprint density at radius 2 is 1.70 bits per heavy atom. The first-order valence-electron chi connectivity index (χ1n) is 14.4. The fourth-order valence-electron chi connectivity index (χ4n) is 7.95. The van der Waals surface area contributed by atoms with Crippen LogP contribution in [0.1, 0.15) is 77.0 Å². The third kappa shape index (κ3) is 7.00. The van der Waals surface area contributed by atoms with E-state index in [0.717, 1.165) is 57.0 Å². The molecule has 2 N–H and O–H groups in total. The molecule has 4 saturated carbocycles. The minimum atomic E-state index is -0.673. The first-order chi connectivity index (χ1) is 17.5. The van der Waals surface area contributed by atoms with Crippen LogP contribution in [0.25, 0.3) is 0 Å². The molecule has 0 aromatic rings. The van der Waals surface area contributed by atoms with Gasteiger partial charge in [-0.1, -0.05) is 5.92 Å². The van der Waals surface area contributed by atoms with Crippen molar-refractivity contribution in [3.63, 3.8) is 0 Å². The van der Waals surface area contributed by atoms with E-state index in [2.05, 4.69) is 16.6 Å². The third-order valence-corrected chi connectivity index (χ3v) is 9.67. The van der Waals surface area contributed by atoms with E-state index < -0.39 is 6.04 Å². The average Bonchev–Trinajstić information content (AvgIpc) is 2.89. The van der Waals surface area contributed by atoms with Gasteiger partial charge < -0.3 is 20.3 Å². The predicted molar refractivity (Wildman–Crippen MR) is 144 cm³/mol. The van der Waals surface area contributed by atoms with Gasteiger partial charge in [-0.25, -0.2) is 0 Å². The second-order valence-electron chi connectivity index (χ2n) is 12.2. The Hall–Kier alpha value is -1.78. The van der Waals surface area contributed by atoms with Gasteiger partial charge in [0, 0.05) is 19.5 Å². The average molecular weight is 534 g/mol. The molecule has 2 saturated heterocycles. The van der Waals surface area contributed by atoms with Gasteiger partial charge in [-0.15, -0.1) is 18.8 Å². The molecule has 37 heavy (non-hydrogen) atoms. The molecule has 6 fully saturated rings. The van der Waals surface area contributed by atoms with Crippen LogP contribution in [0.2, 0.25) is 0 Å². The molecule has 2 aliphatic heterocycles. The molecule has 206 valence electrons. The third-order valence-electron chi connectivity index (χ3n) is 9.67. The number of carbonyl (C=O) groups excluding carboxylic acids is 3. The number of carbonyl (C=O) groups is 3. The lowest BCUT2D eigenvalue weighted by Crippen LogP contribution is -2.50. The van der Waals surface area contributed by atoms with Crippen LogP contribution in [0.5, 0.6) is 0 Å². The lowest BCUT2D eigenvalue weighted by molar-refractivity contribution is -0.171. The van der Waals surface area contributed by atoms with Gasteiger partial charge in [0.25, 0.3) is 0 Å². The molecule has 0 radical (unpaired) electrons. The molecular formula is C29H44ClN3O4. The second-order valence-corrected chi connectivity index (χ2v) is 12.2. The fraction of sp³-hybridized carbons (Fsp3) is 0.828. The van der Waals surface area contributed by atoms with Crippen LogP contribution in [-0.4, -0.2) is 61.0 Å². The Morgan fingerprint density at radius 1 is 1.03 bits per heavy atom. The summed E-state index contributed by atoms with van der Waals surface area (Å²) >= 11 is 0. The normalized spacial score (nSPS) is 33.6. The van der Waals surface area contributed by atoms with E-state index in [9.17, 15) is 14.4 Å². The molecule has 6 aliphatic rings. The maximum absolute atomic E-state index is 13.0. The zero-order valence-corrected chi connectivity index (χ0v) is 22.8. The molecule has 0 aromatic carbocycles. The van der Waals surface area contributed by atoms with Crippen molar-refractivity contribution in [1.82, 2.24) is 15.5 Å². The number of hydrogen-bond donors (Lipinski definition) is 2. The number of piperidine rings is 2. The smallest absolute Gasteiger partial charge is 0.309 e. The van der Waals surface area contributed by atoms with Crippen molar-refractivity contribution >= 4 is 30.2 Å². The van der Waals surface area contributed by atoms with Crippen LogP contribution in [-0.2, 0) is 19.1 Å². The van der Waals surface area contributed by atoms with Crippen molar-refractivity contribution in [1.29, 1.82) is 0 Å². The maximum Gasteiger partial charge on any atom is 0.309 e. The second kappa shape index (κ2) is 12.8. The molecule has 6 rings (SSSR count). The van der Waals surface area contributed by atoms with Crippen LogP contribution in [0, 0.1) is 47.9 Å². The Balaban J connectivity index is 0.00000320. The van der Waals surface area contributed by atoms with E-state index in [-0.39, 0.29) is 48.6 Å². The lowest BCUT2D eigenvalue weighted by atomic mass is 9.55. The van der Waals surface area contributed by atoms with E-state index in [4.69, 9.17) is 11.2 Å². The topological polar surface area (TPSA) is 87.7 Å². The number of halogens is 1. The minimum absolute atomic E-state index is 0. The van der Waals surface area contributed by atoms with Crippen LogP contribution in [0.4, 0.5) is 0 Å². The summed E-state index contributed by atoms with van der Waals surface area (Å²) in [5.74, 6) is 5.27. The number of nitrogens with zero attached hydrogens (tertiary/aromatic N) is 1. The number of nitrogens with one attached hydrogen (secondary N) is 2. The van der Waals surface area contributed by atoms with E-state index >= 15 is 0 Å². The highest BCUT2D eigenvalue weighted by Crippen LogP contribution is 2.54.